The highest BCUT2D eigenvalue weighted by molar-refractivity contribution is 5.77. The number of rotatable bonds is 6. The van der Waals surface area contributed by atoms with Crippen LogP contribution in [0.1, 0.15) is 18.2 Å². The zero-order valence-corrected chi connectivity index (χ0v) is 13.9. The Labute approximate surface area is 148 Å². The smallest absolute Gasteiger partial charge is 0.261 e. The molecule has 0 radical (unpaired) electrons. The third-order valence-electron chi connectivity index (χ3n) is 3.95. The van der Waals surface area contributed by atoms with Gasteiger partial charge >= 0.3 is 0 Å². The van der Waals surface area contributed by atoms with Crippen molar-refractivity contribution in [2.45, 2.75) is 19.1 Å². The summed E-state index contributed by atoms with van der Waals surface area (Å²) in [5.74, 6) is -0.317. The Bertz CT molecular complexity index is 1040. The molecule has 8 heteroatoms. The fourth-order valence-corrected chi connectivity index (χ4v) is 2.56. The van der Waals surface area contributed by atoms with E-state index in [1.165, 1.54) is 23.0 Å². The van der Waals surface area contributed by atoms with E-state index in [9.17, 15) is 19.5 Å². The topological polar surface area (TPSA) is 117 Å². The number of aryl methyl sites for hydroxylation is 1. The summed E-state index contributed by atoms with van der Waals surface area (Å²) in [4.78, 5) is 42.2. The van der Waals surface area contributed by atoms with Gasteiger partial charge in [-0.1, -0.05) is 18.2 Å². The summed E-state index contributed by atoms with van der Waals surface area (Å²) >= 11 is 0. The molecule has 0 aliphatic rings. The Morgan fingerprint density at radius 3 is 2.81 bits per heavy atom. The number of hydrogen-bond acceptors (Lipinski definition) is 5. The van der Waals surface area contributed by atoms with Crippen molar-refractivity contribution in [3.05, 3.63) is 75.2 Å². The minimum absolute atomic E-state index is 0.0380. The van der Waals surface area contributed by atoms with E-state index in [1.807, 2.05) is 0 Å². The molecule has 8 nitrogen and oxygen atoms in total. The molecule has 1 unspecified atom stereocenters. The Morgan fingerprint density at radius 1 is 1.19 bits per heavy atom. The van der Waals surface area contributed by atoms with Crippen molar-refractivity contribution in [3.63, 3.8) is 0 Å². The van der Waals surface area contributed by atoms with E-state index in [1.54, 1.807) is 30.3 Å². The van der Waals surface area contributed by atoms with Crippen molar-refractivity contribution in [3.8, 4) is 0 Å². The van der Waals surface area contributed by atoms with Gasteiger partial charge in [0.15, 0.2) is 0 Å². The zero-order valence-electron chi connectivity index (χ0n) is 13.9. The molecule has 134 valence electrons. The third-order valence-corrected chi connectivity index (χ3v) is 3.95. The summed E-state index contributed by atoms with van der Waals surface area (Å²) in [5.41, 5.74) is 0.410. The molecule has 26 heavy (non-hydrogen) atoms. The number of aliphatic hydroxyl groups is 1. The van der Waals surface area contributed by atoms with Crippen molar-refractivity contribution < 1.29 is 9.90 Å². The number of pyridine rings is 1. The Hall–Kier alpha value is -3.26. The number of aromatic amines is 1. The van der Waals surface area contributed by atoms with Crippen LogP contribution in [0.4, 0.5) is 0 Å². The number of nitrogens with one attached hydrogen (secondary N) is 2. The highest BCUT2D eigenvalue weighted by Gasteiger charge is 2.11. The molecule has 1 amide bonds. The normalized spacial score (nSPS) is 12.0. The number of amides is 1. The average molecular weight is 354 g/mol. The first-order valence-corrected chi connectivity index (χ1v) is 8.13. The number of carbonyl (C=O) groups is 1. The predicted molar refractivity (Wildman–Crippen MR) is 95.7 cm³/mol. The molecule has 0 spiro atoms. The molecule has 2 heterocycles. The fraction of sp³-hybridized carbons (Fsp3) is 0.222. The number of carbonyl (C=O) groups excluding carboxylic acids is 1. The first kappa shape index (κ1) is 17.6. The molecule has 0 saturated heterocycles. The molecule has 1 aromatic carbocycles. The van der Waals surface area contributed by atoms with Gasteiger partial charge in [0, 0.05) is 31.3 Å². The number of H-pyrrole nitrogens is 1. The van der Waals surface area contributed by atoms with Crippen LogP contribution in [0.3, 0.4) is 0 Å². The highest BCUT2D eigenvalue weighted by atomic mass is 16.3. The van der Waals surface area contributed by atoms with Crippen LogP contribution in [0.25, 0.3) is 10.9 Å². The molecule has 0 aliphatic heterocycles. The molecule has 3 N–H and O–H groups in total. The van der Waals surface area contributed by atoms with Crippen LogP contribution in [0.15, 0.2) is 58.4 Å². The van der Waals surface area contributed by atoms with Crippen LogP contribution in [0.5, 0.6) is 0 Å². The Morgan fingerprint density at radius 2 is 2.00 bits per heavy atom. The van der Waals surface area contributed by atoms with Crippen molar-refractivity contribution >= 4 is 16.8 Å². The van der Waals surface area contributed by atoms with E-state index in [2.05, 4.69) is 15.3 Å². The second-order valence-corrected chi connectivity index (χ2v) is 5.80. The molecule has 3 aromatic rings. The van der Waals surface area contributed by atoms with E-state index < -0.39 is 6.10 Å². The van der Waals surface area contributed by atoms with E-state index in [-0.39, 0.29) is 36.5 Å². The van der Waals surface area contributed by atoms with Gasteiger partial charge in [0.2, 0.25) is 11.5 Å². The minimum Gasteiger partial charge on any atom is -0.385 e. The molecule has 0 aliphatic carbocycles. The van der Waals surface area contributed by atoms with Crippen LogP contribution < -0.4 is 16.4 Å². The maximum Gasteiger partial charge on any atom is 0.261 e. The van der Waals surface area contributed by atoms with Crippen molar-refractivity contribution in [2.75, 3.05) is 6.54 Å². The third kappa shape index (κ3) is 4.04. The van der Waals surface area contributed by atoms with Gasteiger partial charge in [-0.2, -0.15) is 0 Å². The van der Waals surface area contributed by atoms with Gasteiger partial charge in [-0.05, 0) is 18.2 Å². The Kier molecular flexibility index (Phi) is 5.23. The molecular weight excluding hydrogens is 336 g/mol. The average Bonchev–Trinajstić information content (AvgIpc) is 2.65. The van der Waals surface area contributed by atoms with Crippen molar-refractivity contribution in [1.29, 1.82) is 0 Å². The number of para-hydroxylation sites is 1. The maximum atomic E-state index is 12.3. The SMILES string of the molecule is O=C(CCn1cnc2ccccc2c1=O)NCC(O)c1cccc(=O)[nH]1. The number of nitrogens with zero attached hydrogens (tertiary/aromatic N) is 2. The van der Waals surface area contributed by atoms with Gasteiger partial charge in [0.1, 0.15) is 6.10 Å². The van der Waals surface area contributed by atoms with Crippen LogP contribution in [0, 0.1) is 0 Å². The van der Waals surface area contributed by atoms with Gasteiger partial charge < -0.3 is 15.4 Å². The van der Waals surface area contributed by atoms with Gasteiger partial charge in [0.25, 0.3) is 5.56 Å². The molecule has 2 aromatic heterocycles. The van der Waals surface area contributed by atoms with Crippen LogP contribution in [0.2, 0.25) is 0 Å². The van der Waals surface area contributed by atoms with Gasteiger partial charge in [-0.15, -0.1) is 0 Å². The van der Waals surface area contributed by atoms with Crippen LogP contribution in [-0.2, 0) is 11.3 Å². The quantitative estimate of drug-likeness (QED) is 0.589. The van der Waals surface area contributed by atoms with Crippen LogP contribution >= 0.6 is 0 Å². The van der Waals surface area contributed by atoms with Crippen molar-refractivity contribution in [1.82, 2.24) is 19.9 Å². The number of hydrogen-bond donors (Lipinski definition) is 3. The number of fused-ring (bicyclic) bond motifs is 1. The number of aliphatic hydroxyl groups excluding tert-OH is 1. The van der Waals surface area contributed by atoms with E-state index in [0.29, 0.717) is 16.6 Å². The second-order valence-electron chi connectivity index (χ2n) is 5.80. The lowest BCUT2D eigenvalue weighted by Gasteiger charge is -2.12. The molecule has 3 rings (SSSR count). The van der Waals surface area contributed by atoms with Crippen LogP contribution in [-0.4, -0.2) is 32.1 Å². The van der Waals surface area contributed by atoms with Gasteiger partial charge in [0.05, 0.1) is 17.2 Å². The number of benzene rings is 1. The second kappa shape index (κ2) is 7.75. The molecule has 0 bridgehead atoms. The maximum absolute atomic E-state index is 12.3. The van der Waals surface area contributed by atoms with E-state index >= 15 is 0 Å². The predicted octanol–water partition coefficient (Wildman–Crippen LogP) is 0.325. The lowest BCUT2D eigenvalue weighted by molar-refractivity contribution is -0.121. The monoisotopic (exact) mass is 354 g/mol. The summed E-state index contributed by atoms with van der Waals surface area (Å²) in [6.07, 6.45) is 0.470. The summed E-state index contributed by atoms with van der Waals surface area (Å²) < 4.78 is 1.38. The largest absolute Gasteiger partial charge is 0.385 e. The molecule has 1 atom stereocenters. The zero-order chi connectivity index (χ0) is 18.5. The Balaban J connectivity index is 1.57. The fourth-order valence-electron chi connectivity index (χ4n) is 2.56. The van der Waals surface area contributed by atoms with E-state index in [0.717, 1.165) is 0 Å². The van der Waals surface area contributed by atoms with Gasteiger partial charge in [-0.3, -0.25) is 19.0 Å². The first-order chi connectivity index (χ1) is 12.5. The first-order valence-electron chi connectivity index (χ1n) is 8.13. The summed E-state index contributed by atoms with van der Waals surface area (Å²) in [7, 11) is 0. The lowest BCUT2D eigenvalue weighted by Crippen LogP contribution is -2.31. The molecule has 0 saturated carbocycles. The number of aromatic nitrogens is 3. The molecule has 0 fully saturated rings. The molecular formula is C18H18N4O4. The highest BCUT2D eigenvalue weighted by Crippen LogP contribution is 2.06. The summed E-state index contributed by atoms with van der Waals surface area (Å²) in [5, 5.41) is 13.1. The van der Waals surface area contributed by atoms with Crippen molar-refractivity contribution in [2.24, 2.45) is 0 Å². The van der Waals surface area contributed by atoms with Gasteiger partial charge in [-0.25, -0.2) is 4.98 Å². The summed E-state index contributed by atoms with van der Waals surface area (Å²) in [6, 6.07) is 11.4. The minimum atomic E-state index is -1.02. The standard InChI is InChI=1S/C18H18N4O4/c23-15(14-6-3-7-17(25)21-14)10-19-16(24)8-9-22-11-20-13-5-2-1-4-12(13)18(22)26/h1-7,11,15,23H,8-10H2,(H,19,24)(H,21,25). The lowest BCUT2D eigenvalue weighted by atomic mass is 10.2. The van der Waals surface area contributed by atoms with E-state index in [4.69, 9.17) is 0 Å². The summed E-state index contributed by atoms with van der Waals surface area (Å²) in [6.45, 7) is 0.143.